The van der Waals surface area contributed by atoms with Gasteiger partial charge in [0.05, 0.1) is 0 Å². The van der Waals surface area contributed by atoms with Crippen LogP contribution in [0.4, 0.5) is 19.4 Å². The summed E-state index contributed by atoms with van der Waals surface area (Å²) in [5.74, 6) is 0.435. The van der Waals surface area contributed by atoms with Gasteiger partial charge in [-0.3, -0.25) is 4.90 Å². The number of aromatic nitrogens is 1. The molecule has 1 aromatic heterocycles. The molecule has 5 nitrogen and oxygen atoms in total. The highest BCUT2D eigenvalue weighted by atomic mass is 19.3. The lowest BCUT2D eigenvalue weighted by Gasteiger charge is -2.33. The number of alkyl halides is 2. The summed E-state index contributed by atoms with van der Waals surface area (Å²) in [5, 5.41) is 0. The summed E-state index contributed by atoms with van der Waals surface area (Å²) < 4.78 is 25.1. The van der Waals surface area contributed by atoms with E-state index in [0.29, 0.717) is 18.9 Å². The van der Waals surface area contributed by atoms with Crippen molar-refractivity contribution in [3.05, 3.63) is 23.9 Å². The Morgan fingerprint density at radius 3 is 2.50 bits per heavy atom. The molecule has 0 radical (unpaired) electrons. The molecule has 120 valence electrons. The molecule has 0 aromatic carbocycles. The lowest BCUT2D eigenvalue weighted by molar-refractivity contribution is 0.151. The summed E-state index contributed by atoms with van der Waals surface area (Å²) in [4.78, 5) is 20.0. The fourth-order valence-electron chi connectivity index (χ4n) is 3.20. The lowest BCUT2D eigenvalue weighted by Crippen LogP contribution is -2.43. The topological polar surface area (TPSA) is 62.5 Å². The van der Waals surface area contributed by atoms with Gasteiger partial charge in [0.25, 0.3) is 6.43 Å². The summed E-state index contributed by atoms with van der Waals surface area (Å²) in [5.41, 5.74) is 5.77. The molecular weight excluding hydrogens is 290 g/mol. The Morgan fingerprint density at radius 2 is 1.91 bits per heavy atom. The van der Waals surface area contributed by atoms with Gasteiger partial charge in [-0.05, 0) is 37.8 Å². The Kier molecular flexibility index (Phi) is 4.24. The number of rotatable bonds is 3. The highest BCUT2D eigenvalue weighted by Gasteiger charge is 2.36. The number of carbonyl (C=O) groups excluding carboxylic acids is 1. The number of anilines is 1. The minimum absolute atomic E-state index is 0.0854. The molecule has 2 fully saturated rings. The minimum atomic E-state index is -2.54. The van der Waals surface area contributed by atoms with Crippen molar-refractivity contribution in [2.75, 3.05) is 18.0 Å². The third-order valence-corrected chi connectivity index (χ3v) is 4.52. The smallest absolute Gasteiger partial charge is 0.326 e. The summed E-state index contributed by atoms with van der Waals surface area (Å²) in [6.45, 7) is 1.19. The maximum Gasteiger partial charge on any atom is 0.326 e. The van der Waals surface area contributed by atoms with Crippen molar-refractivity contribution in [3.8, 4) is 0 Å². The quantitative estimate of drug-likeness (QED) is 0.933. The Morgan fingerprint density at radius 1 is 1.18 bits per heavy atom. The second kappa shape index (κ2) is 6.16. The molecule has 7 heteroatoms. The normalized spacial score (nSPS) is 26.1. The van der Waals surface area contributed by atoms with Gasteiger partial charge in [0.15, 0.2) is 0 Å². The molecule has 1 aliphatic carbocycles. The van der Waals surface area contributed by atoms with Crippen LogP contribution in [0, 0.1) is 0 Å². The third kappa shape index (κ3) is 2.90. The van der Waals surface area contributed by atoms with Gasteiger partial charge in [-0.25, -0.2) is 18.6 Å². The SMILES string of the molecule is N[C@H]1CC[C@H](N2CCN(c3ccc(C(F)F)cn3)C2=O)CC1. The Bertz CT molecular complexity index is 529. The number of amides is 2. The van der Waals surface area contributed by atoms with Crippen LogP contribution >= 0.6 is 0 Å². The van der Waals surface area contributed by atoms with Gasteiger partial charge in [0.2, 0.25) is 0 Å². The van der Waals surface area contributed by atoms with E-state index in [1.807, 2.05) is 4.90 Å². The Hall–Kier alpha value is -1.76. The van der Waals surface area contributed by atoms with Crippen molar-refractivity contribution in [2.45, 2.75) is 44.2 Å². The summed E-state index contributed by atoms with van der Waals surface area (Å²) in [6.07, 6.45) is 2.33. The van der Waals surface area contributed by atoms with Gasteiger partial charge in [0.1, 0.15) is 5.82 Å². The molecule has 0 unspecified atom stereocenters. The van der Waals surface area contributed by atoms with E-state index in [0.717, 1.165) is 31.9 Å². The predicted molar refractivity (Wildman–Crippen MR) is 78.9 cm³/mol. The van der Waals surface area contributed by atoms with E-state index in [-0.39, 0.29) is 23.7 Å². The zero-order valence-corrected chi connectivity index (χ0v) is 12.3. The number of nitrogens with two attached hydrogens (primary N) is 1. The molecule has 0 atom stereocenters. The molecule has 3 rings (SSSR count). The molecule has 0 spiro atoms. The number of carbonyl (C=O) groups is 1. The van der Waals surface area contributed by atoms with Crippen molar-refractivity contribution in [1.29, 1.82) is 0 Å². The summed E-state index contributed by atoms with van der Waals surface area (Å²) in [7, 11) is 0. The van der Waals surface area contributed by atoms with E-state index in [2.05, 4.69) is 4.98 Å². The standard InChI is InChI=1S/C15H20F2N4O/c16-14(17)10-1-6-13(19-9-10)21-8-7-20(15(21)22)12-4-2-11(18)3-5-12/h1,6,9,11-12,14H,2-5,7-8,18H2/t11-,12-. The number of urea groups is 1. The van der Waals surface area contributed by atoms with Gasteiger partial charge >= 0.3 is 6.03 Å². The molecule has 2 aliphatic rings. The van der Waals surface area contributed by atoms with E-state index in [9.17, 15) is 13.6 Å². The van der Waals surface area contributed by atoms with E-state index < -0.39 is 6.43 Å². The molecule has 0 bridgehead atoms. The van der Waals surface area contributed by atoms with Crippen LogP contribution in [0.3, 0.4) is 0 Å². The fraction of sp³-hybridized carbons (Fsp3) is 0.600. The van der Waals surface area contributed by atoms with E-state index in [1.54, 1.807) is 4.90 Å². The predicted octanol–water partition coefficient (Wildman–Crippen LogP) is 2.53. The monoisotopic (exact) mass is 310 g/mol. The van der Waals surface area contributed by atoms with Crippen LogP contribution in [-0.2, 0) is 0 Å². The first-order valence-corrected chi connectivity index (χ1v) is 7.64. The highest BCUT2D eigenvalue weighted by Crippen LogP contribution is 2.28. The second-order valence-corrected chi connectivity index (χ2v) is 5.95. The maximum absolute atomic E-state index is 12.6. The zero-order chi connectivity index (χ0) is 15.7. The molecule has 1 aromatic rings. The third-order valence-electron chi connectivity index (χ3n) is 4.52. The van der Waals surface area contributed by atoms with Crippen LogP contribution in [0.25, 0.3) is 0 Å². The molecule has 2 heterocycles. The average Bonchev–Trinajstić information content (AvgIpc) is 2.90. The average molecular weight is 310 g/mol. The molecule has 1 saturated carbocycles. The van der Waals surface area contributed by atoms with Gasteiger partial charge in [-0.2, -0.15) is 0 Å². The first-order chi connectivity index (χ1) is 10.6. The van der Waals surface area contributed by atoms with Crippen LogP contribution in [0.15, 0.2) is 18.3 Å². The number of halogens is 2. The van der Waals surface area contributed by atoms with Crippen LogP contribution in [0.1, 0.15) is 37.7 Å². The molecule has 2 amide bonds. The van der Waals surface area contributed by atoms with Crippen LogP contribution in [0.2, 0.25) is 0 Å². The molecule has 1 aliphatic heterocycles. The van der Waals surface area contributed by atoms with Crippen LogP contribution in [-0.4, -0.2) is 41.1 Å². The zero-order valence-electron chi connectivity index (χ0n) is 12.3. The van der Waals surface area contributed by atoms with Crippen molar-refractivity contribution >= 4 is 11.8 Å². The summed E-state index contributed by atoms with van der Waals surface area (Å²) >= 11 is 0. The van der Waals surface area contributed by atoms with Crippen molar-refractivity contribution in [2.24, 2.45) is 5.73 Å². The first kappa shape index (κ1) is 15.1. The number of nitrogens with zero attached hydrogens (tertiary/aromatic N) is 3. The molecular formula is C15H20F2N4O. The van der Waals surface area contributed by atoms with Gasteiger partial charge < -0.3 is 10.6 Å². The second-order valence-electron chi connectivity index (χ2n) is 5.95. The lowest BCUT2D eigenvalue weighted by atomic mass is 9.91. The largest absolute Gasteiger partial charge is 0.328 e. The maximum atomic E-state index is 12.6. The minimum Gasteiger partial charge on any atom is -0.328 e. The van der Waals surface area contributed by atoms with E-state index in [1.165, 1.54) is 12.1 Å². The van der Waals surface area contributed by atoms with Crippen molar-refractivity contribution in [3.63, 3.8) is 0 Å². The summed E-state index contributed by atoms with van der Waals surface area (Å²) in [6, 6.07) is 3.20. The van der Waals surface area contributed by atoms with Crippen molar-refractivity contribution in [1.82, 2.24) is 9.88 Å². The van der Waals surface area contributed by atoms with Crippen molar-refractivity contribution < 1.29 is 13.6 Å². The van der Waals surface area contributed by atoms with Crippen LogP contribution < -0.4 is 10.6 Å². The van der Waals surface area contributed by atoms with Crippen LogP contribution in [0.5, 0.6) is 0 Å². The van der Waals surface area contributed by atoms with Gasteiger partial charge in [-0.1, -0.05) is 0 Å². The number of hydrogen-bond acceptors (Lipinski definition) is 3. The van der Waals surface area contributed by atoms with E-state index >= 15 is 0 Å². The number of hydrogen-bond donors (Lipinski definition) is 1. The fourth-order valence-corrected chi connectivity index (χ4v) is 3.20. The molecule has 2 N–H and O–H groups in total. The Labute approximate surface area is 128 Å². The van der Waals surface area contributed by atoms with E-state index in [4.69, 9.17) is 5.73 Å². The molecule has 22 heavy (non-hydrogen) atoms. The van der Waals surface area contributed by atoms with Gasteiger partial charge in [-0.15, -0.1) is 0 Å². The highest BCUT2D eigenvalue weighted by molar-refractivity contribution is 5.93. The number of pyridine rings is 1. The first-order valence-electron chi connectivity index (χ1n) is 7.64. The molecule has 1 saturated heterocycles. The Balaban J connectivity index is 1.68. The van der Waals surface area contributed by atoms with Gasteiger partial charge in [0, 0.05) is 36.9 Å².